The molecule has 0 bridgehead atoms. The van der Waals surface area contributed by atoms with Gasteiger partial charge in [0.25, 0.3) is 0 Å². The molecule has 0 fully saturated rings. The zero-order valence-electron chi connectivity index (χ0n) is 12.0. The first-order valence-electron chi connectivity index (χ1n) is 6.29. The van der Waals surface area contributed by atoms with Crippen molar-refractivity contribution in [2.45, 2.75) is 53.1 Å². The molecular weight excluding hydrogens is 210 g/mol. The lowest BCUT2D eigenvalue weighted by molar-refractivity contribution is 0.363. The summed E-state index contributed by atoms with van der Waals surface area (Å²) in [6.07, 6.45) is 1.11. The first-order valence-corrected chi connectivity index (χ1v) is 6.29. The highest BCUT2D eigenvalue weighted by molar-refractivity contribution is 5.45. The highest BCUT2D eigenvalue weighted by Crippen LogP contribution is 2.26. The van der Waals surface area contributed by atoms with Gasteiger partial charge in [0.15, 0.2) is 0 Å². The van der Waals surface area contributed by atoms with Crippen LogP contribution in [0, 0.1) is 13.8 Å². The van der Waals surface area contributed by atoms with Gasteiger partial charge in [-0.05, 0) is 45.2 Å². The van der Waals surface area contributed by atoms with Crippen molar-refractivity contribution in [3.63, 3.8) is 0 Å². The Labute approximate surface area is 105 Å². The molecule has 0 aliphatic heterocycles. The number of ether oxygens (including phenoxy) is 1. The third-order valence-corrected chi connectivity index (χ3v) is 3.60. The molecule has 0 saturated carbocycles. The van der Waals surface area contributed by atoms with Crippen LogP contribution in [0.5, 0.6) is 5.75 Å². The van der Waals surface area contributed by atoms with Crippen molar-refractivity contribution in [3.8, 4) is 5.75 Å². The summed E-state index contributed by atoms with van der Waals surface area (Å²) in [5, 5.41) is 3.57. The Morgan fingerprint density at radius 1 is 1.24 bits per heavy atom. The third-order valence-electron chi connectivity index (χ3n) is 3.60. The molecule has 0 radical (unpaired) electrons. The van der Waals surface area contributed by atoms with Crippen LogP contribution in [0.2, 0.25) is 0 Å². The standard InChI is InChI=1S/C15H25NO/c1-7-15(4,5)16-10-13-9-8-11(2)12(3)14(13)17-6/h8-9,16H,7,10H2,1-6H3. The Kier molecular flexibility index (Phi) is 4.58. The Morgan fingerprint density at radius 2 is 1.88 bits per heavy atom. The molecule has 1 N–H and O–H groups in total. The second kappa shape index (κ2) is 5.54. The lowest BCUT2D eigenvalue weighted by Crippen LogP contribution is -2.37. The molecule has 96 valence electrons. The van der Waals surface area contributed by atoms with Crippen molar-refractivity contribution in [1.29, 1.82) is 0 Å². The first-order chi connectivity index (χ1) is 7.91. The molecule has 1 rings (SSSR count). The van der Waals surface area contributed by atoms with Gasteiger partial charge >= 0.3 is 0 Å². The van der Waals surface area contributed by atoms with E-state index in [1.54, 1.807) is 7.11 Å². The molecular formula is C15H25NO. The number of nitrogens with one attached hydrogen (secondary N) is 1. The van der Waals surface area contributed by atoms with Gasteiger partial charge in [-0.25, -0.2) is 0 Å². The Bertz CT molecular complexity index is 383. The van der Waals surface area contributed by atoms with E-state index in [1.807, 2.05) is 0 Å². The van der Waals surface area contributed by atoms with Gasteiger partial charge < -0.3 is 10.1 Å². The lowest BCUT2D eigenvalue weighted by atomic mass is 10.00. The Hall–Kier alpha value is -1.02. The molecule has 0 unspecified atom stereocenters. The number of hydrogen-bond acceptors (Lipinski definition) is 2. The maximum Gasteiger partial charge on any atom is 0.126 e. The van der Waals surface area contributed by atoms with Gasteiger partial charge in [-0.2, -0.15) is 0 Å². The second-order valence-electron chi connectivity index (χ2n) is 5.29. The highest BCUT2D eigenvalue weighted by atomic mass is 16.5. The number of hydrogen-bond donors (Lipinski definition) is 1. The summed E-state index contributed by atoms with van der Waals surface area (Å²) in [4.78, 5) is 0. The molecule has 0 saturated heterocycles. The molecule has 0 spiro atoms. The van der Waals surface area contributed by atoms with Gasteiger partial charge in [0.2, 0.25) is 0 Å². The predicted molar refractivity (Wildman–Crippen MR) is 73.7 cm³/mol. The van der Waals surface area contributed by atoms with E-state index in [4.69, 9.17) is 4.74 Å². The van der Waals surface area contributed by atoms with Gasteiger partial charge in [-0.3, -0.25) is 0 Å². The summed E-state index contributed by atoms with van der Waals surface area (Å²) in [5.41, 5.74) is 3.92. The van der Waals surface area contributed by atoms with Gasteiger partial charge in [0, 0.05) is 17.6 Å². The van der Waals surface area contributed by atoms with Crippen LogP contribution in [-0.2, 0) is 6.54 Å². The molecule has 0 aromatic heterocycles. The molecule has 0 amide bonds. The van der Waals surface area contributed by atoms with E-state index in [0.717, 1.165) is 18.7 Å². The molecule has 0 heterocycles. The molecule has 1 aromatic rings. The topological polar surface area (TPSA) is 21.3 Å². The Morgan fingerprint density at radius 3 is 2.41 bits per heavy atom. The van der Waals surface area contributed by atoms with E-state index >= 15 is 0 Å². The summed E-state index contributed by atoms with van der Waals surface area (Å²) in [7, 11) is 1.75. The number of aryl methyl sites for hydroxylation is 1. The van der Waals surface area contributed by atoms with Gasteiger partial charge in [-0.1, -0.05) is 19.1 Å². The quantitative estimate of drug-likeness (QED) is 0.842. The van der Waals surface area contributed by atoms with E-state index < -0.39 is 0 Å². The zero-order chi connectivity index (χ0) is 13.1. The minimum absolute atomic E-state index is 0.170. The van der Waals surface area contributed by atoms with E-state index in [0.29, 0.717) is 0 Å². The summed E-state index contributed by atoms with van der Waals surface area (Å²) in [6, 6.07) is 4.31. The van der Waals surface area contributed by atoms with Crippen LogP contribution in [-0.4, -0.2) is 12.6 Å². The van der Waals surface area contributed by atoms with E-state index in [-0.39, 0.29) is 5.54 Å². The lowest BCUT2D eigenvalue weighted by Gasteiger charge is -2.25. The summed E-state index contributed by atoms with van der Waals surface area (Å²) >= 11 is 0. The monoisotopic (exact) mass is 235 g/mol. The Balaban J connectivity index is 2.88. The van der Waals surface area contributed by atoms with Gasteiger partial charge in [0.05, 0.1) is 7.11 Å². The van der Waals surface area contributed by atoms with Gasteiger partial charge in [-0.15, -0.1) is 0 Å². The molecule has 0 aliphatic carbocycles. The fourth-order valence-electron chi connectivity index (χ4n) is 1.73. The van der Waals surface area contributed by atoms with Crippen LogP contribution in [0.3, 0.4) is 0 Å². The fourth-order valence-corrected chi connectivity index (χ4v) is 1.73. The second-order valence-corrected chi connectivity index (χ2v) is 5.29. The van der Waals surface area contributed by atoms with E-state index in [2.05, 4.69) is 52.1 Å². The van der Waals surface area contributed by atoms with Crippen molar-refractivity contribution in [3.05, 3.63) is 28.8 Å². The number of methoxy groups -OCH3 is 1. The number of benzene rings is 1. The maximum absolute atomic E-state index is 5.52. The third kappa shape index (κ3) is 3.47. The molecule has 2 heteroatoms. The van der Waals surface area contributed by atoms with Crippen LogP contribution < -0.4 is 10.1 Å². The minimum atomic E-state index is 0.170. The molecule has 2 nitrogen and oxygen atoms in total. The fraction of sp³-hybridized carbons (Fsp3) is 0.600. The van der Waals surface area contributed by atoms with Crippen molar-refractivity contribution in [2.75, 3.05) is 7.11 Å². The van der Waals surface area contributed by atoms with Crippen molar-refractivity contribution in [2.24, 2.45) is 0 Å². The predicted octanol–water partition coefficient (Wildman–Crippen LogP) is 3.59. The molecule has 1 aromatic carbocycles. The summed E-state index contributed by atoms with van der Waals surface area (Å²) < 4.78 is 5.52. The normalized spacial score (nSPS) is 11.6. The van der Waals surface area contributed by atoms with Crippen LogP contribution >= 0.6 is 0 Å². The largest absolute Gasteiger partial charge is 0.496 e. The zero-order valence-corrected chi connectivity index (χ0v) is 12.0. The highest BCUT2D eigenvalue weighted by Gasteiger charge is 2.15. The van der Waals surface area contributed by atoms with Crippen LogP contribution in [0.15, 0.2) is 12.1 Å². The maximum atomic E-state index is 5.52. The van der Waals surface area contributed by atoms with Crippen molar-refractivity contribution >= 4 is 0 Å². The average Bonchev–Trinajstić information content (AvgIpc) is 2.31. The first kappa shape index (κ1) is 14.0. The van der Waals surface area contributed by atoms with E-state index in [9.17, 15) is 0 Å². The molecule has 0 atom stereocenters. The number of rotatable bonds is 5. The SMILES string of the molecule is CCC(C)(C)NCc1ccc(C)c(C)c1OC. The molecule has 17 heavy (non-hydrogen) atoms. The van der Waals surface area contributed by atoms with Crippen molar-refractivity contribution < 1.29 is 4.74 Å². The van der Waals surface area contributed by atoms with Crippen molar-refractivity contribution in [1.82, 2.24) is 5.32 Å². The van der Waals surface area contributed by atoms with Crippen LogP contribution in [0.4, 0.5) is 0 Å². The smallest absolute Gasteiger partial charge is 0.126 e. The summed E-state index contributed by atoms with van der Waals surface area (Å²) in [5.74, 6) is 1.02. The van der Waals surface area contributed by atoms with Crippen LogP contribution in [0.25, 0.3) is 0 Å². The molecule has 0 aliphatic rings. The minimum Gasteiger partial charge on any atom is -0.496 e. The van der Waals surface area contributed by atoms with Crippen LogP contribution in [0.1, 0.15) is 43.9 Å². The average molecular weight is 235 g/mol. The van der Waals surface area contributed by atoms with Gasteiger partial charge in [0.1, 0.15) is 5.75 Å². The van der Waals surface area contributed by atoms with E-state index in [1.165, 1.54) is 16.7 Å². The summed E-state index contributed by atoms with van der Waals surface area (Å²) in [6.45, 7) is 11.7.